The molecular weight excluding hydrogens is 318 g/mol. The van der Waals surface area contributed by atoms with Gasteiger partial charge in [0.25, 0.3) is 5.91 Å². The van der Waals surface area contributed by atoms with Crippen LogP contribution in [-0.2, 0) is 14.6 Å². The summed E-state index contributed by atoms with van der Waals surface area (Å²) in [6.45, 7) is 0.794. The Morgan fingerprint density at radius 1 is 1.22 bits per heavy atom. The number of carbonyl (C=O) groups excluding carboxylic acids is 2. The number of likely N-dealkylation sites (tertiary alicyclic amines) is 1. The van der Waals surface area contributed by atoms with Crippen molar-refractivity contribution in [1.29, 1.82) is 0 Å². The molecule has 1 aromatic rings. The number of amides is 2. The van der Waals surface area contributed by atoms with Crippen LogP contribution in [0.5, 0.6) is 0 Å². The first-order valence-corrected chi connectivity index (χ1v) is 9.16. The molecular formula is C15H19N3O4S. The smallest absolute Gasteiger partial charge is 0.251 e. The van der Waals surface area contributed by atoms with E-state index in [-0.39, 0.29) is 24.1 Å². The van der Waals surface area contributed by atoms with Gasteiger partial charge >= 0.3 is 0 Å². The number of benzene rings is 1. The van der Waals surface area contributed by atoms with Crippen LogP contribution in [0.4, 0.5) is 0 Å². The Kier molecular flexibility index (Phi) is 4.11. The Bertz CT molecular complexity index is 719. The first-order chi connectivity index (χ1) is 10.9. The van der Waals surface area contributed by atoms with Gasteiger partial charge < -0.3 is 11.1 Å². The summed E-state index contributed by atoms with van der Waals surface area (Å²) in [5.41, 5.74) is 5.68. The van der Waals surface area contributed by atoms with Gasteiger partial charge in [-0.25, -0.2) is 8.42 Å². The van der Waals surface area contributed by atoms with Gasteiger partial charge in [-0.2, -0.15) is 0 Å². The van der Waals surface area contributed by atoms with Gasteiger partial charge in [-0.05, 0) is 12.1 Å². The number of hydrogen-bond donors (Lipinski definition) is 2. The molecule has 23 heavy (non-hydrogen) atoms. The fourth-order valence-electron chi connectivity index (χ4n) is 3.48. The third kappa shape index (κ3) is 3.23. The lowest BCUT2D eigenvalue weighted by atomic mass is 10.00. The van der Waals surface area contributed by atoms with Gasteiger partial charge in [0, 0.05) is 30.6 Å². The van der Waals surface area contributed by atoms with Crippen molar-refractivity contribution >= 4 is 21.7 Å². The molecule has 7 nitrogen and oxygen atoms in total. The maximum absolute atomic E-state index is 12.3. The number of primary amides is 1. The van der Waals surface area contributed by atoms with Crippen LogP contribution in [-0.4, -0.2) is 61.8 Å². The standard InChI is InChI=1S/C15H19N3O4S/c16-14(19)8-18-6-11-12(9-23(21,22)13(11)7-18)17-15(20)10-4-2-1-3-5-10/h1-5,11-13H,6-9H2,(H2,16,19)(H,17,20)/t11-,12+,13-/m0/s1. The molecule has 2 amide bonds. The van der Waals surface area contributed by atoms with Gasteiger partial charge in [0.05, 0.1) is 17.5 Å². The number of rotatable bonds is 4. The Morgan fingerprint density at radius 3 is 2.57 bits per heavy atom. The third-order valence-electron chi connectivity index (χ3n) is 4.51. The number of sulfone groups is 1. The summed E-state index contributed by atoms with van der Waals surface area (Å²) >= 11 is 0. The predicted molar refractivity (Wildman–Crippen MR) is 84.4 cm³/mol. The van der Waals surface area contributed by atoms with Crippen LogP contribution >= 0.6 is 0 Å². The Balaban J connectivity index is 1.73. The molecule has 2 saturated heterocycles. The second kappa shape index (κ2) is 5.93. The number of nitrogens with two attached hydrogens (primary N) is 1. The van der Waals surface area contributed by atoms with Crippen LogP contribution in [0, 0.1) is 5.92 Å². The van der Waals surface area contributed by atoms with E-state index >= 15 is 0 Å². The molecule has 1 aromatic carbocycles. The Labute approximate surface area is 134 Å². The van der Waals surface area contributed by atoms with Crippen molar-refractivity contribution < 1.29 is 18.0 Å². The molecule has 2 heterocycles. The zero-order valence-electron chi connectivity index (χ0n) is 12.5. The zero-order chi connectivity index (χ0) is 16.6. The largest absolute Gasteiger partial charge is 0.369 e. The molecule has 0 aromatic heterocycles. The van der Waals surface area contributed by atoms with Crippen molar-refractivity contribution in [2.75, 3.05) is 25.4 Å². The van der Waals surface area contributed by atoms with Crippen molar-refractivity contribution in [3.63, 3.8) is 0 Å². The second-order valence-corrected chi connectivity index (χ2v) is 8.40. The summed E-state index contributed by atoms with van der Waals surface area (Å²) in [5.74, 6) is -1.01. The number of carbonyl (C=O) groups is 2. The topological polar surface area (TPSA) is 110 Å². The van der Waals surface area contributed by atoms with Crippen LogP contribution in [0.15, 0.2) is 30.3 Å². The van der Waals surface area contributed by atoms with Gasteiger partial charge in [-0.1, -0.05) is 18.2 Å². The maximum Gasteiger partial charge on any atom is 0.251 e. The first kappa shape index (κ1) is 15.9. The molecule has 0 bridgehead atoms. The van der Waals surface area contributed by atoms with Crippen molar-refractivity contribution in [3.8, 4) is 0 Å². The van der Waals surface area contributed by atoms with Crippen molar-refractivity contribution in [3.05, 3.63) is 35.9 Å². The molecule has 0 radical (unpaired) electrons. The quantitative estimate of drug-likeness (QED) is 0.732. The summed E-state index contributed by atoms with van der Waals surface area (Å²) in [7, 11) is -3.28. The van der Waals surface area contributed by atoms with Gasteiger partial charge in [0.15, 0.2) is 9.84 Å². The van der Waals surface area contributed by atoms with Crippen LogP contribution in [0.2, 0.25) is 0 Å². The Morgan fingerprint density at radius 2 is 1.91 bits per heavy atom. The number of nitrogens with one attached hydrogen (secondary N) is 1. The molecule has 2 aliphatic heterocycles. The molecule has 0 spiro atoms. The summed E-state index contributed by atoms with van der Waals surface area (Å²) in [4.78, 5) is 25.1. The minimum absolute atomic E-state index is 0.0435. The summed E-state index contributed by atoms with van der Waals surface area (Å²) in [6, 6.07) is 8.26. The van der Waals surface area contributed by atoms with Crippen LogP contribution in [0.25, 0.3) is 0 Å². The van der Waals surface area contributed by atoms with Crippen LogP contribution < -0.4 is 11.1 Å². The monoisotopic (exact) mass is 337 g/mol. The molecule has 124 valence electrons. The number of nitrogens with zero attached hydrogens (tertiary/aromatic N) is 1. The lowest BCUT2D eigenvalue weighted by Gasteiger charge is -2.20. The van der Waals surface area contributed by atoms with Crippen molar-refractivity contribution in [2.45, 2.75) is 11.3 Å². The van der Waals surface area contributed by atoms with Crippen molar-refractivity contribution in [2.24, 2.45) is 11.7 Å². The van der Waals surface area contributed by atoms with Crippen molar-refractivity contribution in [1.82, 2.24) is 10.2 Å². The highest BCUT2D eigenvalue weighted by Crippen LogP contribution is 2.34. The minimum atomic E-state index is -3.28. The molecule has 2 aliphatic rings. The van der Waals surface area contributed by atoms with Gasteiger partial charge in [0.1, 0.15) is 0 Å². The fraction of sp³-hybridized carbons (Fsp3) is 0.467. The summed E-state index contributed by atoms with van der Waals surface area (Å²) in [5, 5.41) is 2.30. The molecule has 3 rings (SSSR count). The molecule has 0 aliphatic carbocycles. The summed E-state index contributed by atoms with van der Waals surface area (Å²) < 4.78 is 24.6. The van der Waals surface area contributed by atoms with E-state index in [1.807, 2.05) is 6.07 Å². The highest BCUT2D eigenvalue weighted by atomic mass is 32.2. The van der Waals surface area contributed by atoms with E-state index in [1.54, 1.807) is 29.2 Å². The van der Waals surface area contributed by atoms with E-state index in [1.165, 1.54) is 0 Å². The first-order valence-electron chi connectivity index (χ1n) is 7.45. The maximum atomic E-state index is 12.3. The van der Waals surface area contributed by atoms with E-state index < -0.39 is 27.0 Å². The van der Waals surface area contributed by atoms with Gasteiger partial charge in [-0.3, -0.25) is 14.5 Å². The van der Waals surface area contributed by atoms with Gasteiger partial charge in [0.2, 0.25) is 5.91 Å². The van der Waals surface area contributed by atoms with Crippen LogP contribution in [0.3, 0.4) is 0 Å². The molecule has 3 atom stereocenters. The normalized spacial score (nSPS) is 29.1. The molecule has 8 heteroatoms. The van der Waals surface area contributed by atoms with Crippen LogP contribution in [0.1, 0.15) is 10.4 Å². The minimum Gasteiger partial charge on any atom is -0.369 e. The average Bonchev–Trinajstić information content (AvgIpc) is 2.99. The van der Waals surface area contributed by atoms with E-state index in [0.29, 0.717) is 18.7 Å². The van der Waals surface area contributed by atoms with E-state index in [9.17, 15) is 18.0 Å². The molecule has 0 unspecified atom stereocenters. The van der Waals surface area contributed by atoms with E-state index in [0.717, 1.165) is 0 Å². The lowest BCUT2D eigenvalue weighted by molar-refractivity contribution is -0.118. The fourth-order valence-corrected chi connectivity index (χ4v) is 5.81. The van der Waals surface area contributed by atoms with E-state index in [4.69, 9.17) is 5.73 Å². The third-order valence-corrected chi connectivity index (χ3v) is 6.75. The predicted octanol–water partition coefficient (Wildman–Crippen LogP) is -1.00. The Hall–Kier alpha value is -1.93. The highest BCUT2D eigenvalue weighted by Gasteiger charge is 2.52. The molecule has 0 saturated carbocycles. The second-order valence-electron chi connectivity index (χ2n) is 6.14. The number of fused-ring (bicyclic) bond motifs is 1. The summed E-state index contributed by atoms with van der Waals surface area (Å²) in [6.07, 6.45) is 0. The number of hydrogen-bond acceptors (Lipinski definition) is 5. The average molecular weight is 337 g/mol. The van der Waals surface area contributed by atoms with Gasteiger partial charge in [-0.15, -0.1) is 0 Å². The van der Waals surface area contributed by atoms with E-state index in [2.05, 4.69) is 5.32 Å². The molecule has 2 fully saturated rings. The zero-order valence-corrected chi connectivity index (χ0v) is 13.3. The highest BCUT2D eigenvalue weighted by molar-refractivity contribution is 7.92. The lowest BCUT2D eigenvalue weighted by Crippen LogP contribution is -2.42. The molecule has 3 N–H and O–H groups in total. The SMILES string of the molecule is NC(=O)CN1C[C@H]2[C@H](NC(=O)c3ccccc3)CS(=O)(=O)[C@H]2C1.